The summed E-state index contributed by atoms with van der Waals surface area (Å²) in [6.45, 7) is 0. The molecular weight excluding hydrogens is 290 g/mol. The Labute approximate surface area is 135 Å². The zero-order chi connectivity index (χ0) is 16.2. The van der Waals surface area contributed by atoms with Crippen molar-refractivity contribution in [1.82, 2.24) is 0 Å². The molecule has 1 aliphatic rings. The summed E-state index contributed by atoms with van der Waals surface area (Å²) in [6, 6.07) is 17.4. The Kier molecular flexibility index (Phi) is 4.28. The maximum absolute atomic E-state index is 12.4. The average molecular weight is 309 g/mol. The Balaban J connectivity index is 1.67. The number of amides is 1. The van der Waals surface area contributed by atoms with Crippen LogP contribution in [0.2, 0.25) is 0 Å². The molecule has 118 valence electrons. The van der Waals surface area contributed by atoms with E-state index in [1.807, 2.05) is 73.6 Å². The quantitative estimate of drug-likeness (QED) is 0.945. The van der Waals surface area contributed by atoms with E-state index in [2.05, 4.69) is 10.5 Å². The highest BCUT2D eigenvalue weighted by Gasteiger charge is 2.29. The highest BCUT2D eigenvalue weighted by Crippen LogP contribution is 2.25. The molecule has 5 nitrogen and oxygen atoms in total. The maximum Gasteiger partial charge on any atom is 0.268 e. The summed E-state index contributed by atoms with van der Waals surface area (Å²) in [4.78, 5) is 19.7. The van der Waals surface area contributed by atoms with Crippen molar-refractivity contribution in [3.8, 4) is 0 Å². The number of carbonyl (C=O) groups is 1. The van der Waals surface area contributed by atoms with Crippen LogP contribution in [0.4, 0.5) is 11.4 Å². The molecule has 0 unspecified atom stereocenters. The zero-order valence-electron chi connectivity index (χ0n) is 13.2. The average Bonchev–Trinajstić information content (AvgIpc) is 3.06. The second-order valence-electron chi connectivity index (χ2n) is 5.60. The maximum atomic E-state index is 12.4. The van der Waals surface area contributed by atoms with Crippen LogP contribution in [0.15, 0.2) is 59.8 Å². The van der Waals surface area contributed by atoms with Crippen molar-refractivity contribution < 1.29 is 9.63 Å². The standard InChI is InChI=1S/C18H19N3O2/c1-21(2)16-11-7-6-10-14(16)19-18(22)17-12-15(20-23-17)13-8-4-3-5-9-13/h3-11,17H,12H2,1-2H3,(H,19,22)/t17-/m1/s1. The van der Waals surface area contributed by atoms with E-state index < -0.39 is 6.10 Å². The number of carbonyl (C=O) groups excluding carboxylic acids is 1. The third kappa shape index (κ3) is 3.34. The number of anilines is 2. The molecule has 2 aromatic carbocycles. The molecular formula is C18H19N3O2. The van der Waals surface area contributed by atoms with Gasteiger partial charge in [0.05, 0.1) is 17.1 Å². The highest BCUT2D eigenvalue weighted by atomic mass is 16.6. The molecule has 1 amide bonds. The van der Waals surface area contributed by atoms with E-state index in [-0.39, 0.29) is 5.91 Å². The largest absolute Gasteiger partial charge is 0.382 e. The van der Waals surface area contributed by atoms with Crippen molar-refractivity contribution in [3.05, 3.63) is 60.2 Å². The lowest BCUT2D eigenvalue weighted by Crippen LogP contribution is -2.28. The molecule has 1 heterocycles. The number of para-hydroxylation sites is 2. The van der Waals surface area contributed by atoms with Crippen LogP contribution in [0, 0.1) is 0 Å². The summed E-state index contributed by atoms with van der Waals surface area (Å²) in [5.41, 5.74) is 3.49. The van der Waals surface area contributed by atoms with Crippen molar-refractivity contribution >= 4 is 23.0 Å². The number of benzene rings is 2. The fourth-order valence-corrected chi connectivity index (χ4v) is 2.50. The van der Waals surface area contributed by atoms with E-state index in [1.54, 1.807) is 0 Å². The number of nitrogens with zero attached hydrogens (tertiary/aromatic N) is 2. The first kappa shape index (κ1) is 15.1. The van der Waals surface area contributed by atoms with Gasteiger partial charge in [-0.2, -0.15) is 0 Å². The van der Waals surface area contributed by atoms with Crippen LogP contribution in [0.1, 0.15) is 12.0 Å². The lowest BCUT2D eigenvalue weighted by Gasteiger charge is -2.18. The van der Waals surface area contributed by atoms with E-state index in [1.165, 1.54) is 0 Å². The lowest BCUT2D eigenvalue weighted by atomic mass is 10.0. The molecule has 3 rings (SSSR count). The minimum atomic E-state index is -0.597. The van der Waals surface area contributed by atoms with Crippen molar-refractivity contribution in [2.24, 2.45) is 5.16 Å². The molecule has 0 radical (unpaired) electrons. The Morgan fingerprint density at radius 1 is 1.13 bits per heavy atom. The van der Waals surface area contributed by atoms with Crippen molar-refractivity contribution in [1.29, 1.82) is 0 Å². The second kappa shape index (κ2) is 6.52. The summed E-state index contributed by atoms with van der Waals surface area (Å²) < 4.78 is 0. The number of oxime groups is 1. The summed E-state index contributed by atoms with van der Waals surface area (Å²) >= 11 is 0. The van der Waals surface area contributed by atoms with E-state index in [9.17, 15) is 4.79 Å². The van der Waals surface area contributed by atoms with Crippen molar-refractivity contribution in [2.75, 3.05) is 24.3 Å². The van der Waals surface area contributed by atoms with Gasteiger partial charge in [0.15, 0.2) is 0 Å². The Morgan fingerprint density at radius 3 is 2.57 bits per heavy atom. The Morgan fingerprint density at radius 2 is 1.83 bits per heavy atom. The van der Waals surface area contributed by atoms with E-state index in [4.69, 9.17) is 4.84 Å². The fourth-order valence-electron chi connectivity index (χ4n) is 2.50. The van der Waals surface area contributed by atoms with Gasteiger partial charge in [-0.05, 0) is 17.7 Å². The van der Waals surface area contributed by atoms with E-state index in [0.717, 1.165) is 22.6 Å². The zero-order valence-corrected chi connectivity index (χ0v) is 13.2. The molecule has 1 atom stereocenters. The second-order valence-corrected chi connectivity index (χ2v) is 5.60. The molecule has 0 aliphatic carbocycles. The van der Waals surface area contributed by atoms with Crippen LogP contribution in [-0.2, 0) is 9.63 Å². The normalized spacial score (nSPS) is 16.4. The van der Waals surface area contributed by atoms with Crippen LogP contribution in [0.5, 0.6) is 0 Å². The molecule has 2 aromatic rings. The number of rotatable bonds is 4. The molecule has 0 spiro atoms. The van der Waals surface area contributed by atoms with Crippen LogP contribution in [0.3, 0.4) is 0 Å². The van der Waals surface area contributed by atoms with Gasteiger partial charge in [-0.15, -0.1) is 0 Å². The molecule has 0 saturated heterocycles. The van der Waals surface area contributed by atoms with Gasteiger partial charge < -0.3 is 15.1 Å². The van der Waals surface area contributed by atoms with Gasteiger partial charge in [0.2, 0.25) is 6.10 Å². The lowest BCUT2D eigenvalue weighted by molar-refractivity contribution is -0.125. The topological polar surface area (TPSA) is 53.9 Å². The van der Waals surface area contributed by atoms with Crippen LogP contribution >= 0.6 is 0 Å². The molecule has 0 fully saturated rings. The number of nitrogens with one attached hydrogen (secondary N) is 1. The van der Waals surface area contributed by atoms with Gasteiger partial charge in [-0.1, -0.05) is 47.6 Å². The van der Waals surface area contributed by atoms with E-state index in [0.29, 0.717) is 6.42 Å². The predicted octanol–water partition coefficient (Wildman–Crippen LogP) is 2.88. The molecule has 1 aliphatic heterocycles. The molecule has 23 heavy (non-hydrogen) atoms. The van der Waals surface area contributed by atoms with E-state index >= 15 is 0 Å². The minimum absolute atomic E-state index is 0.186. The van der Waals surface area contributed by atoms with Gasteiger partial charge in [0.1, 0.15) is 0 Å². The van der Waals surface area contributed by atoms with Gasteiger partial charge in [0, 0.05) is 20.5 Å². The third-order valence-corrected chi connectivity index (χ3v) is 3.71. The summed E-state index contributed by atoms with van der Waals surface area (Å²) in [6.07, 6.45) is -0.125. The van der Waals surface area contributed by atoms with Crippen LogP contribution in [-0.4, -0.2) is 31.8 Å². The van der Waals surface area contributed by atoms with Crippen LogP contribution < -0.4 is 10.2 Å². The number of hydrogen-bond acceptors (Lipinski definition) is 4. The van der Waals surface area contributed by atoms with Crippen molar-refractivity contribution in [3.63, 3.8) is 0 Å². The first-order chi connectivity index (χ1) is 11.1. The van der Waals surface area contributed by atoms with Gasteiger partial charge in [-0.25, -0.2) is 0 Å². The van der Waals surface area contributed by atoms with Gasteiger partial charge in [0.25, 0.3) is 5.91 Å². The summed E-state index contributed by atoms with van der Waals surface area (Å²) in [5, 5.41) is 6.98. The van der Waals surface area contributed by atoms with Gasteiger partial charge >= 0.3 is 0 Å². The smallest absolute Gasteiger partial charge is 0.268 e. The first-order valence-corrected chi connectivity index (χ1v) is 7.50. The molecule has 5 heteroatoms. The summed E-state index contributed by atoms with van der Waals surface area (Å²) in [5.74, 6) is -0.186. The predicted molar refractivity (Wildman–Crippen MR) is 91.9 cm³/mol. The minimum Gasteiger partial charge on any atom is -0.382 e. The van der Waals surface area contributed by atoms with Crippen LogP contribution in [0.25, 0.3) is 0 Å². The van der Waals surface area contributed by atoms with Gasteiger partial charge in [-0.3, -0.25) is 4.79 Å². The first-order valence-electron chi connectivity index (χ1n) is 7.50. The third-order valence-electron chi connectivity index (χ3n) is 3.71. The van der Waals surface area contributed by atoms with Crippen molar-refractivity contribution in [2.45, 2.75) is 12.5 Å². The monoisotopic (exact) mass is 309 g/mol. The molecule has 1 N–H and O–H groups in total. The molecule has 0 saturated carbocycles. The molecule has 0 aromatic heterocycles. The Hall–Kier alpha value is -2.82. The Bertz CT molecular complexity index is 726. The highest BCUT2D eigenvalue weighted by molar-refractivity contribution is 6.06. The summed E-state index contributed by atoms with van der Waals surface area (Å²) in [7, 11) is 3.88. The SMILES string of the molecule is CN(C)c1ccccc1NC(=O)[C@H]1CC(c2ccccc2)=NO1. The molecule has 0 bridgehead atoms. The fraction of sp³-hybridized carbons (Fsp3) is 0.222. The number of hydrogen-bond donors (Lipinski definition) is 1.